The maximum Gasteiger partial charge on any atom is 0.184 e. The van der Waals surface area contributed by atoms with E-state index < -0.39 is 28.7 Å². The molecule has 0 spiro atoms. The van der Waals surface area contributed by atoms with E-state index in [1.54, 1.807) is 36.4 Å². The molecule has 0 aromatic heterocycles. The molecule has 0 N–H and O–H groups in total. The molecule has 0 heterocycles. The van der Waals surface area contributed by atoms with E-state index in [4.69, 9.17) is 0 Å². The average Bonchev–Trinajstić information content (AvgIpc) is 3.01. The van der Waals surface area contributed by atoms with Crippen molar-refractivity contribution in [2.24, 2.45) is 11.3 Å². The van der Waals surface area contributed by atoms with Gasteiger partial charge in [0.2, 0.25) is 0 Å². The molecule has 1 aliphatic carbocycles. The van der Waals surface area contributed by atoms with Gasteiger partial charge in [-0.3, -0.25) is 14.4 Å². The predicted molar refractivity (Wildman–Crippen MR) is 90.8 cm³/mol. The number of allylic oxidation sites excluding steroid dienone is 5. The van der Waals surface area contributed by atoms with Crippen LogP contribution in [0.3, 0.4) is 0 Å². The lowest BCUT2D eigenvalue weighted by Crippen LogP contribution is -2.49. The van der Waals surface area contributed by atoms with Crippen LogP contribution in [0.1, 0.15) is 25.0 Å². The van der Waals surface area contributed by atoms with Crippen LogP contribution in [0.2, 0.25) is 0 Å². The number of rotatable bonds is 6. The highest BCUT2D eigenvalue weighted by molar-refractivity contribution is 6.37. The van der Waals surface area contributed by atoms with Crippen LogP contribution < -0.4 is 0 Å². The molecule has 23 heavy (non-hydrogen) atoms. The third-order valence-electron chi connectivity index (χ3n) is 4.39. The third kappa shape index (κ3) is 2.74. The molecule has 0 fully saturated rings. The van der Waals surface area contributed by atoms with Crippen molar-refractivity contribution in [3.8, 4) is 0 Å². The molecule has 1 aromatic carbocycles. The molecule has 1 aromatic rings. The summed E-state index contributed by atoms with van der Waals surface area (Å²) in [7, 11) is 0. The van der Waals surface area contributed by atoms with Crippen LogP contribution in [-0.4, -0.2) is 17.3 Å². The Bertz CT molecular complexity index is 707. The van der Waals surface area contributed by atoms with Gasteiger partial charge in [0.25, 0.3) is 0 Å². The average molecular weight is 308 g/mol. The maximum atomic E-state index is 13.1. The topological polar surface area (TPSA) is 51.2 Å². The molecule has 0 atom stereocenters. The normalized spacial score (nSPS) is 14.0. The van der Waals surface area contributed by atoms with E-state index in [1.165, 1.54) is 13.8 Å². The second kappa shape index (κ2) is 6.29. The summed E-state index contributed by atoms with van der Waals surface area (Å²) >= 11 is 0. The van der Waals surface area contributed by atoms with Crippen molar-refractivity contribution in [1.82, 2.24) is 0 Å². The van der Waals surface area contributed by atoms with E-state index in [0.29, 0.717) is 5.56 Å². The van der Waals surface area contributed by atoms with Gasteiger partial charge in [-0.1, -0.05) is 60.7 Å². The molecule has 0 amide bonds. The Labute approximate surface area is 136 Å². The van der Waals surface area contributed by atoms with Gasteiger partial charge in [-0.15, -0.1) is 0 Å². The van der Waals surface area contributed by atoms with Crippen LogP contribution >= 0.6 is 0 Å². The molecule has 0 aliphatic heterocycles. The molecule has 118 valence electrons. The van der Waals surface area contributed by atoms with E-state index >= 15 is 0 Å². The summed E-state index contributed by atoms with van der Waals surface area (Å²) < 4.78 is 0. The van der Waals surface area contributed by atoms with Crippen LogP contribution in [0.4, 0.5) is 0 Å². The van der Waals surface area contributed by atoms with E-state index in [9.17, 15) is 14.4 Å². The number of hydrogen-bond donors (Lipinski definition) is 0. The van der Waals surface area contributed by atoms with E-state index in [0.717, 1.165) is 5.56 Å². The van der Waals surface area contributed by atoms with Gasteiger partial charge >= 0.3 is 0 Å². The molecule has 1 aliphatic rings. The lowest BCUT2D eigenvalue weighted by molar-refractivity contribution is -0.146. The van der Waals surface area contributed by atoms with Crippen molar-refractivity contribution >= 4 is 22.9 Å². The summed E-state index contributed by atoms with van der Waals surface area (Å²) in [5.41, 5.74) is 0.133. The molecular formula is C20H20O3. The van der Waals surface area contributed by atoms with Gasteiger partial charge in [0.15, 0.2) is 22.8 Å². The zero-order valence-electron chi connectivity index (χ0n) is 13.6. The molecule has 3 nitrogen and oxygen atoms in total. The van der Waals surface area contributed by atoms with Gasteiger partial charge in [-0.05, 0) is 26.3 Å². The molecule has 0 bridgehead atoms. The molecular weight excluding hydrogens is 288 g/mol. The Morgan fingerprint density at radius 2 is 1.43 bits per heavy atom. The SMILES string of the molecule is C=C(C(=O)C(C(C)=O)(C(C)=O)C1C=CC=C1)c1ccc(C)cc1. The summed E-state index contributed by atoms with van der Waals surface area (Å²) in [6.45, 7) is 8.38. The maximum absolute atomic E-state index is 13.1. The van der Waals surface area contributed by atoms with Gasteiger partial charge in [-0.2, -0.15) is 0 Å². The fraction of sp³-hybridized carbons (Fsp3) is 0.250. The van der Waals surface area contributed by atoms with Crippen LogP contribution in [0.15, 0.2) is 55.1 Å². The molecule has 0 unspecified atom stereocenters. The lowest BCUT2D eigenvalue weighted by Gasteiger charge is -2.32. The number of carbonyl (C=O) groups is 3. The van der Waals surface area contributed by atoms with E-state index in [-0.39, 0.29) is 5.57 Å². The summed E-state index contributed by atoms with van der Waals surface area (Å²) in [6.07, 6.45) is 6.91. The number of hydrogen-bond acceptors (Lipinski definition) is 3. The molecule has 0 saturated heterocycles. The second-order valence-corrected chi connectivity index (χ2v) is 5.89. The number of benzene rings is 1. The first-order valence-corrected chi connectivity index (χ1v) is 7.49. The van der Waals surface area contributed by atoms with Crippen LogP contribution in [-0.2, 0) is 14.4 Å². The first-order chi connectivity index (χ1) is 10.8. The molecule has 2 rings (SSSR count). The fourth-order valence-corrected chi connectivity index (χ4v) is 3.03. The van der Waals surface area contributed by atoms with Crippen LogP contribution in [0.25, 0.3) is 5.57 Å². The highest BCUT2D eigenvalue weighted by atomic mass is 16.2. The number of carbonyl (C=O) groups excluding carboxylic acids is 3. The Balaban J connectivity index is 2.52. The second-order valence-electron chi connectivity index (χ2n) is 5.89. The van der Waals surface area contributed by atoms with Crippen molar-refractivity contribution in [3.05, 3.63) is 66.3 Å². The molecule has 0 saturated carbocycles. The quantitative estimate of drug-likeness (QED) is 0.597. The van der Waals surface area contributed by atoms with Crippen molar-refractivity contribution in [2.45, 2.75) is 20.8 Å². The molecule has 0 radical (unpaired) electrons. The Hall–Kier alpha value is -2.55. The van der Waals surface area contributed by atoms with Gasteiger partial charge in [0.05, 0.1) is 0 Å². The standard InChI is InChI=1S/C20H20O3/c1-13-9-11-17(12-10-13)14(2)19(23)20(15(3)21,16(4)22)18-7-5-6-8-18/h5-12,18H,2H2,1,3-4H3. The highest BCUT2D eigenvalue weighted by Gasteiger charge is 2.53. The van der Waals surface area contributed by atoms with Gasteiger partial charge in [0, 0.05) is 11.5 Å². The first kappa shape index (κ1) is 16.8. The summed E-state index contributed by atoms with van der Waals surface area (Å²) in [6, 6.07) is 7.29. The Morgan fingerprint density at radius 1 is 0.957 bits per heavy atom. The summed E-state index contributed by atoms with van der Waals surface area (Å²) in [5, 5.41) is 0. The zero-order chi connectivity index (χ0) is 17.2. The van der Waals surface area contributed by atoms with Crippen molar-refractivity contribution in [1.29, 1.82) is 0 Å². The largest absolute Gasteiger partial charge is 0.298 e. The molecule has 3 heteroatoms. The smallest absolute Gasteiger partial charge is 0.184 e. The number of aryl methyl sites for hydroxylation is 1. The Kier molecular flexibility index (Phi) is 4.60. The predicted octanol–water partition coefficient (Wildman–Crippen LogP) is 3.48. The fourth-order valence-electron chi connectivity index (χ4n) is 3.03. The minimum absolute atomic E-state index is 0.184. The minimum atomic E-state index is -1.73. The van der Waals surface area contributed by atoms with E-state index in [2.05, 4.69) is 6.58 Å². The van der Waals surface area contributed by atoms with Crippen molar-refractivity contribution in [3.63, 3.8) is 0 Å². The van der Waals surface area contributed by atoms with Gasteiger partial charge in [-0.25, -0.2) is 0 Å². The van der Waals surface area contributed by atoms with Crippen LogP contribution in [0, 0.1) is 18.3 Å². The van der Waals surface area contributed by atoms with E-state index in [1.807, 2.05) is 19.1 Å². The number of ketones is 3. The summed E-state index contributed by atoms with van der Waals surface area (Å²) in [5.74, 6) is -2.00. The number of Topliss-reactive ketones (excluding diaryl/α,β-unsaturated/α-hetero) is 3. The van der Waals surface area contributed by atoms with Crippen molar-refractivity contribution < 1.29 is 14.4 Å². The Morgan fingerprint density at radius 3 is 1.87 bits per heavy atom. The highest BCUT2D eigenvalue weighted by Crippen LogP contribution is 2.39. The lowest BCUT2D eigenvalue weighted by atomic mass is 9.65. The van der Waals surface area contributed by atoms with Gasteiger partial charge in [0.1, 0.15) is 0 Å². The summed E-state index contributed by atoms with van der Waals surface area (Å²) in [4.78, 5) is 37.9. The monoisotopic (exact) mass is 308 g/mol. The van der Waals surface area contributed by atoms with Crippen LogP contribution in [0.5, 0.6) is 0 Å². The minimum Gasteiger partial charge on any atom is -0.298 e. The van der Waals surface area contributed by atoms with Crippen molar-refractivity contribution in [2.75, 3.05) is 0 Å². The first-order valence-electron chi connectivity index (χ1n) is 7.49. The van der Waals surface area contributed by atoms with Gasteiger partial charge < -0.3 is 0 Å². The zero-order valence-corrected chi connectivity index (χ0v) is 13.6. The third-order valence-corrected chi connectivity index (χ3v) is 4.39.